The molecule has 1 heterocycles. The van der Waals surface area contributed by atoms with Gasteiger partial charge in [0.15, 0.2) is 0 Å². The number of rotatable bonds is 9. The number of carbonyl (C=O) groups is 1. The highest BCUT2D eigenvalue weighted by Gasteiger charge is 2.32. The second-order valence-corrected chi connectivity index (χ2v) is 10.0. The molecule has 1 N–H and O–H groups in total. The van der Waals surface area contributed by atoms with Crippen molar-refractivity contribution in [2.45, 2.75) is 78.4 Å². The third-order valence-electron chi connectivity index (χ3n) is 7.52. The fourth-order valence-electron chi connectivity index (χ4n) is 5.39. The average Bonchev–Trinajstić information content (AvgIpc) is 2.81. The highest BCUT2D eigenvalue weighted by Crippen LogP contribution is 2.34. The number of aliphatic carboxylic acids is 1. The Bertz CT molecular complexity index is 1030. The normalized spacial score (nSPS) is 18.0. The van der Waals surface area contributed by atoms with Crippen molar-refractivity contribution >= 4 is 11.7 Å². The Balaban J connectivity index is 1.34. The van der Waals surface area contributed by atoms with Crippen molar-refractivity contribution in [3.8, 4) is 0 Å². The molecule has 2 fully saturated rings. The lowest BCUT2D eigenvalue weighted by atomic mass is 9.82. The Morgan fingerprint density at radius 2 is 1.85 bits per heavy atom. The molecule has 34 heavy (non-hydrogen) atoms. The van der Waals surface area contributed by atoms with E-state index in [0.29, 0.717) is 19.7 Å². The zero-order chi connectivity index (χ0) is 24.1. The van der Waals surface area contributed by atoms with Crippen LogP contribution in [0.3, 0.4) is 0 Å². The van der Waals surface area contributed by atoms with E-state index in [1.54, 1.807) is 0 Å². The third kappa shape index (κ3) is 5.87. The summed E-state index contributed by atoms with van der Waals surface area (Å²) in [6.07, 6.45) is 7.66. The van der Waals surface area contributed by atoms with E-state index in [9.17, 15) is 4.79 Å². The van der Waals surface area contributed by atoms with Crippen LogP contribution in [0.2, 0.25) is 0 Å². The number of aryl methyl sites for hydroxylation is 2. The molecular weight excluding hydrogens is 424 g/mol. The molecule has 0 bridgehead atoms. The Labute approximate surface area is 203 Å². The molecule has 0 spiro atoms. The number of oxime groups is 1. The van der Waals surface area contributed by atoms with E-state index >= 15 is 0 Å². The van der Waals surface area contributed by atoms with Gasteiger partial charge in [0.25, 0.3) is 0 Å². The molecule has 2 aromatic rings. The molecule has 0 radical (unpaired) electrons. The first-order chi connectivity index (χ1) is 16.4. The maximum Gasteiger partial charge on any atom is 0.309 e. The predicted molar refractivity (Wildman–Crippen MR) is 136 cm³/mol. The molecule has 2 aromatic carbocycles. The van der Waals surface area contributed by atoms with E-state index in [1.807, 2.05) is 6.92 Å². The Morgan fingerprint density at radius 3 is 2.53 bits per heavy atom. The molecule has 0 aromatic heterocycles. The lowest BCUT2D eigenvalue weighted by Gasteiger charge is -2.37. The molecule has 0 amide bonds. The predicted octanol–water partition coefficient (Wildman–Crippen LogP) is 6.06. The van der Waals surface area contributed by atoms with E-state index in [2.05, 4.69) is 60.3 Å². The van der Waals surface area contributed by atoms with Crippen LogP contribution in [0.1, 0.15) is 85.3 Å². The molecule has 1 saturated heterocycles. The fourth-order valence-corrected chi connectivity index (χ4v) is 5.39. The zero-order valence-corrected chi connectivity index (χ0v) is 20.8. The number of likely N-dealkylation sites (tertiary alicyclic amines) is 1. The van der Waals surface area contributed by atoms with Crippen LogP contribution in [-0.4, -0.2) is 34.8 Å². The molecular formula is C29H38N2O3. The molecule has 4 rings (SSSR count). The number of carboxylic acid groups (broad SMARTS) is 1. The van der Waals surface area contributed by atoms with Crippen LogP contribution in [0.25, 0.3) is 0 Å². The summed E-state index contributed by atoms with van der Waals surface area (Å²) in [4.78, 5) is 19.0. The Morgan fingerprint density at radius 1 is 1.09 bits per heavy atom. The highest BCUT2D eigenvalue weighted by atomic mass is 16.6. The lowest BCUT2D eigenvalue weighted by Crippen LogP contribution is -2.49. The van der Waals surface area contributed by atoms with Crippen molar-refractivity contribution in [2.24, 2.45) is 11.1 Å². The van der Waals surface area contributed by atoms with Gasteiger partial charge in [-0.1, -0.05) is 61.7 Å². The van der Waals surface area contributed by atoms with Crippen molar-refractivity contribution in [3.63, 3.8) is 0 Å². The topological polar surface area (TPSA) is 62.1 Å². The number of carboxylic acids is 1. The third-order valence-corrected chi connectivity index (χ3v) is 7.52. The fraction of sp³-hybridized carbons (Fsp3) is 0.517. The molecule has 1 aliphatic carbocycles. The van der Waals surface area contributed by atoms with Crippen molar-refractivity contribution in [1.82, 2.24) is 4.90 Å². The van der Waals surface area contributed by atoms with E-state index in [0.717, 1.165) is 35.7 Å². The van der Waals surface area contributed by atoms with Crippen molar-refractivity contribution < 1.29 is 14.7 Å². The minimum atomic E-state index is -0.690. The minimum Gasteiger partial charge on any atom is -0.481 e. The molecule has 1 saturated carbocycles. The molecule has 5 heteroatoms. The van der Waals surface area contributed by atoms with Gasteiger partial charge in [0.2, 0.25) is 0 Å². The average molecular weight is 463 g/mol. The molecule has 0 unspecified atom stereocenters. The standard InChI is InChI=1S/C29H38N2O3/c1-4-23-15-25(11-12-26(23)16-31-17-27(18-31)29(32)33)21(3)30-34-19-22-10-13-28(20(2)14-22)24-8-6-5-7-9-24/h10-15,24,27H,4-9,16-19H2,1-3H3,(H,32,33)/b30-21-. The molecule has 5 nitrogen and oxygen atoms in total. The molecule has 2 aliphatic rings. The van der Waals surface area contributed by atoms with Gasteiger partial charge >= 0.3 is 5.97 Å². The monoisotopic (exact) mass is 462 g/mol. The lowest BCUT2D eigenvalue weighted by molar-refractivity contribution is -0.147. The van der Waals surface area contributed by atoms with E-state index < -0.39 is 5.97 Å². The number of hydrogen-bond acceptors (Lipinski definition) is 4. The van der Waals surface area contributed by atoms with E-state index in [1.165, 1.54) is 54.4 Å². The number of nitrogens with zero attached hydrogens (tertiary/aromatic N) is 2. The van der Waals surface area contributed by atoms with Gasteiger partial charge in [-0.15, -0.1) is 0 Å². The SMILES string of the molecule is CCc1cc(/C(C)=N\OCc2ccc(C3CCCCC3)c(C)c2)ccc1CN1CC(C(=O)O)C1. The van der Waals surface area contributed by atoms with Crippen LogP contribution in [0.4, 0.5) is 0 Å². The minimum absolute atomic E-state index is 0.219. The maximum absolute atomic E-state index is 11.0. The first-order valence-corrected chi connectivity index (χ1v) is 12.8. The van der Waals surface area contributed by atoms with Gasteiger partial charge in [-0.2, -0.15) is 0 Å². The van der Waals surface area contributed by atoms with Crippen LogP contribution in [0.5, 0.6) is 0 Å². The Kier molecular flexibility index (Phi) is 8.04. The number of hydrogen-bond donors (Lipinski definition) is 1. The maximum atomic E-state index is 11.0. The van der Waals surface area contributed by atoms with Crippen LogP contribution < -0.4 is 0 Å². The summed E-state index contributed by atoms with van der Waals surface area (Å²) < 4.78 is 0. The van der Waals surface area contributed by atoms with Gasteiger partial charge in [0.05, 0.1) is 11.6 Å². The van der Waals surface area contributed by atoms with Crippen molar-refractivity contribution in [2.75, 3.05) is 13.1 Å². The van der Waals surface area contributed by atoms with Crippen LogP contribution in [0.15, 0.2) is 41.6 Å². The largest absolute Gasteiger partial charge is 0.481 e. The van der Waals surface area contributed by atoms with E-state index in [-0.39, 0.29) is 5.92 Å². The Hall–Kier alpha value is -2.66. The number of benzene rings is 2. The molecule has 0 atom stereocenters. The molecule has 1 aliphatic heterocycles. The van der Waals surface area contributed by atoms with Gasteiger partial charge in [0, 0.05) is 19.6 Å². The molecule has 182 valence electrons. The summed E-state index contributed by atoms with van der Waals surface area (Å²) in [5.74, 6) is -0.188. The van der Waals surface area contributed by atoms with Crippen molar-refractivity contribution in [3.05, 3.63) is 69.8 Å². The second-order valence-electron chi connectivity index (χ2n) is 10.0. The summed E-state index contributed by atoms with van der Waals surface area (Å²) in [5.41, 5.74) is 8.51. The second kappa shape index (κ2) is 11.2. The first-order valence-electron chi connectivity index (χ1n) is 12.8. The summed E-state index contributed by atoms with van der Waals surface area (Å²) in [7, 11) is 0. The van der Waals surface area contributed by atoms with Crippen LogP contribution in [0, 0.1) is 12.8 Å². The van der Waals surface area contributed by atoms with Crippen molar-refractivity contribution in [1.29, 1.82) is 0 Å². The highest BCUT2D eigenvalue weighted by molar-refractivity contribution is 5.98. The summed E-state index contributed by atoms with van der Waals surface area (Å²) in [6, 6.07) is 13.2. The van der Waals surface area contributed by atoms with Gasteiger partial charge < -0.3 is 9.94 Å². The summed E-state index contributed by atoms with van der Waals surface area (Å²) in [6.45, 7) is 8.90. The van der Waals surface area contributed by atoms with E-state index in [4.69, 9.17) is 9.94 Å². The quantitative estimate of drug-likeness (QED) is 0.363. The van der Waals surface area contributed by atoms with Gasteiger partial charge in [-0.25, -0.2) is 0 Å². The van der Waals surface area contributed by atoms with Gasteiger partial charge in [-0.05, 0) is 78.5 Å². The smallest absolute Gasteiger partial charge is 0.309 e. The van der Waals surface area contributed by atoms with Gasteiger partial charge in [0.1, 0.15) is 6.61 Å². The van der Waals surface area contributed by atoms with Gasteiger partial charge in [-0.3, -0.25) is 9.69 Å². The summed E-state index contributed by atoms with van der Waals surface area (Å²) >= 11 is 0. The van der Waals surface area contributed by atoms with Crippen LogP contribution in [-0.2, 0) is 29.2 Å². The van der Waals surface area contributed by atoms with Crippen LogP contribution >= 0.6 is 0 Å². The summed E-state index contributed by atoms with van der Waals surface area (Å²) in [5, 5.41) is 13.5. The zero-order valence-electron chi connectivity index (χ0n) is 20.8. The first kappa shape index (κ1) is 24.5.